The minimum atomic E-state index is -0.796. The van der Waals surface area contributed by atoms with Crippen molar-refractivity contribution in [1.29, 1.82) is 0 Å². The summed E-state index contributed by atoms with van der Waals surface area (Å²) in [5.41, 5.74) is 1.78. The van der Waals surface area contributed by atoms with Crippen LogP contribution in [0, 0.1) is 0 Å². The summed E-state index contributed by atoms with van der Waals surface area (Å²) in [5.74, 6) is -0.288. The summed E-state index contributed by atoms with van der Waals surface area (Å²) in [6, 6.07) is 15.5. The van der Waals surface area contributed by atoms with E-state index in [-0.39, 0.29) is 11.9 Å². The van der Waals surface area contributed by atoms with E-state index >= 15 is 0 Å². The van der Waals surface area contributed by atoms with Crippen molar-refractivity contribution in [3.05, 3.63) is 71.8 Å². The third-order valence-electron chi connectivity index (χ3n) is 5.13. The summed E-state index contributed by atoms with van der Waals surface area (Å²) < 4.78 is 5.11. The van der Waals surface area contributed by atoms with Crippen LogP contribution in [0.15, 0.2) is 60.7 Å². The summed E-state index contributed by atoms with van der Waals surface area (Å²) in [6.07, 6.45) is 5.33. The van der Waals surface area contributed by atoms with Crippen LogP contribution < -0.4 is 20.7 Å². The Hall–Kier alpha value is -3.61. The summed E-state index contributed by atoms with van der Waals surface area (Å²) in [5, 5.41) is 8.37. The molecule has 2 atom stereocenters. The summed E-state index contributed by atoms with van der Waals surface area (Å²) in [4.78, 5) is 37.6. The highest BCUT2D eigenvalue weighted by Crippen LogP contribution is 2.19. The van der Waals surface area contributed by atoms with Gasteiger partial charge in [0.05, 0.1) is 7.11 Å². The van der Waals surface area contributed by atoms with Gasteiger partial charge in [-0.3, -0.25) is 14.4 Å². The first-order valence-electron chi connectivity index (χ1n) is 10.7. The van der Waals surface area contributed by atoms with Crippen molar-refractivity contribution >= 4 is 23.8 Å². The Kier molecular flexibility index (Phi) is 8.02. The predicted octanol–water partition coefficient (Wildman–Crippen LogP) is 2.22. The number of nitrogens with one attached hydrogen (secondary N) is 3. The van der Waals surface area contributed by atoms with Gasteiger partial charge in [0.1, 0.15) is 17.8 Å². The first kappa shape index (κ1) is 23.1. The quantitative estimate of drug-likeness (QED) is 0.499. The number of hydrogen-bond donors (Lipinski definition) is 3. The first-order chi connectivity index (χ1) is 15.4. The fourth-order valence-corrected chi connectivity index (χ4v) is 3.10. The minimum Gasteiger partial charge on any atom is -0.497 e. The van der Waals surface area contributed by atoms with Gasteiger partial charge < -0.3 is 20.7 Å². The van der Waals surface area contributed by atoms with E-state index in [2.05, 4.69) is 16.0 Å². The normalized spacial score (nSPS) is 14.9. The summed E-state index contributed by atoms with van der Waals surface area (Å²) in [6.45, 7) is 1.59. The zero-order valence-electron chi connectivity index (χ0n) is 18.3. The number of methoxy groups -OCH3 is 1. The number of carbonyl (C=O) groups excluding carboxylic acids is 3. The van der Waals surface area contributed by atoms with E-state index in [0.717, 1.165) is 29.7 Å². The van der Waals surface area contributed by atoms with Gasteiger partial charge in [-0.1, -0.05) is 42.5 Å². The molecule has 0 aliphatic heterocycles. The van der Waals surface area contributed by atoms with Crippen molar-refractivity contribution in [3.63, 3.8) is 0 Å². The summed E-state index contributed by atoms with van der Waals surface area (Å²) >= 11 is 0. The highest BCUT2D eigenvalue weighted by atomic mass is 16.5. The molecule has 3 rings (SSSR count). The zero-order chi connectivity index (χ0) is 22.9. The standard InChI is InChI=1S/C25H29N3O4/c1-17(26-23(29)15-10-18-8-13-21(32-2)14-9-18)24(30)28-22(25(31)27-20-11-12-20)16-19-6-4-3-5-7-19/h3-10,13-15,17,20,22H,11-12,16H2,1-2H3,(H,26,29)(H,27,31)(H,28,30)/b15-10+. The Balaban J connectivity index is 1.55. The molecule has 168 valence electrons. The highest BCUT2D eigenvalue weighted by molar-refractivity contribution is 5.96. The number of ether oxygens (including phenoxy) is 1. The molecule has 1 fully saturated rings. The number of benzene rings is 2. The highest BCUT2D eigenvalue weighted by Gasteiger charge is 2.29. The van der Waals surface area contributed by atoms with Gasteiger partial charge in [-0.15, -0.1) is 0 Å². The van der Waals surface area contributed by atoms with Gasteiger partial charge in [0.15, 0.2) is 0 Å². The molecule has 1 saturated carbocycles. The lowest BCUT2D eigenvalue weighted by molar-refractivity contribution is -0.131. The van der Waals surface area contributed by atoms with Gasteiger partial charge in [0.2, 0.25) is 17.7 Å². The lowest BCUT2D eigenvalue weighted by Gasteiger charge is -2.21. The van der Waals surface area contributed by atoms with Crippen LogP contribution in [0.4, 0.5) is 0 Å². The van der Waals surface area contributed by atoms with Crippen LogP contribution in [-0.2, 0) is 20.8 Å². The molecule has 1 aliphatic rings. The lowest BCUT2D eigenvalue weighted by atomic mass is 10.0. The molecule has 2 unspecified atom stereocenters. The molecule has 3 N–H and O–H groups in total. The van der Waals surface area contributed by atoms with Gasteiger partial charge in [-0.05, 0) is 49.1 Å². The Labute approximate surface area is 188 Å². The van der Waals surface area contributed by atoms with Crippen LogP contribution in [0.2, 0.25) is 0 Å². The SMILES string of the molecule is COc1ccc(/C=C/C(=O)NC(C)C(=O)NC(Cc2ccccc2)C(=O)NC2CC2)cc1. The van der Waals surface area contributed by atoms with Gasteiger partial charge in [0, 0.05) is 18.5 Å². The smallest absolute Gasteiger partial charge is 0.244 e. The minimum absolute atomic E-state index is 0.192. The topological polar surface area (TPSA) is 96.5 Å². The molecule has 0 bridgehead atoms. The number of hydrogen-bond acceptors (Lipinski definition) is 4. The van der Waals surface area contributed by atoms with Gasteiger partial charge >= 0.3 is 0 Å². The van der Waals surface area contributed by atoms with Crippen LogP contribution in [0.5, 0.6) is 5.75 Å². The fourth-order valence-electron chi connectivity index (χ4n) is 3.10. The van der Waals surface area contributed by atoms with Crippen LogP contribution in [0.3, 0.4) is 0 Å². The van der Waals surface area contributed by atoms with Crippen molar-refractivity contribution in [2.45, 2.75) is 44.3 Å². The molecular formula is C25H29N3O4. The van der Waals surface area contributed by atoms with Gasteiger partial charge in [-0.25, -0.2) is 0 Å². The van der Waals surface area contributed by atoms with Gasteiger partial charge in [0.25, 0.3) is 0 Å². The van der Waals surface area contributed by atoms with E-state index in [1.807, 2.05) is 42.5 Å². The predicted molar refractivity (Wildman–Crippen MR) is 123 cm³/mol. The van der Waals surface area contributed by atoms with Crippen molar-refractivity contribution in [2.75, 3.05) is 7.11 Å². The average Bonchev–Trinajstić information content (AvgIpc) is 3.62. The second-order valence-corrected chi connectivity index (χ2v) is 7.87. The molecule has 32 heavy (non-hydrogen) atoms. The molecule has 0 aromatic heterocycles. The summed E-state index contributed by atoms with van der Waals surface area (Å²) in [7, 11) is 1.59. The molecule has 7 nitrogen and oxygen atoms in total. The maximum atomic E-state index is 12.7. The Bertz CT molecular complexity index is 953. The number of rotatable bonds is 10. The molecule has 0 saturated heterocycles. The first-order valence-corrected chi connectivity index (χ1v) is 10.7. The van der Waals surface area contributed by atoms with E-state index in [4.69, 9.17) is 4.74 Å². The van der Waals surface area contributed by atoms with Crippen LogP contribution >= 0.6 is 0 Å². The number of amides is 3. The molecule has 7 heteroatoms. The van der Waals surface area contributed by atoms with E-state index < -0.39 is 23.9 Å². The van der Waals surface area contributed by atoms with Crippen molar-refractivity contribution in [3.8, 4) is 5.75 Å². The molecule has 0 heterocycles. The zero-order valence-corrected chi connectivity index (χ0v) is 18.3. The van der Waals surface area contributed by atoms with Gasteiger partial charge in [-0.2, -0.15) is 0 Å². The van der Waals surface area contributed by atoms with E-state index in [0.29, 0.717) is 6.42 Å². The third-order valence-corrected chi connectivity index (χ3v) is 5.13. The fraction of sp³-hybridized carbons (Fsp3) is 0.320. The van der Waals surface area contributed by atoms with E-state index in [1.165, 1.54) is 6.08 Å². The van der Waals surface area contributed by atoms with Crippen molar-refractivity contribution in [2.24, 2.45) is 0 Å². The molecule has 0 radical (unpaired) electrons. The van der Waals surface area contributed by atoms with Crippen LogP contribution in [-0.4, -0.2) is 43.0 Å². The maximum absolute atomic E-state index is 12.7. The second-order valence-electron chi connectivity index (χ2n) is 7.87. The van der Waals surface area contributed by atoms with Crippen LogP contribution in [0.1, 0.15) is 30.9 Å². The Morgan fingerprint density at radius 3 is 2.31 bits per heavy atom. The molecule has 1 aliphatic carbocycles. The second kappa shape index (κ2) is 11.1. The number of carbonyl (C=O) groups is 3. The van der Waals surface area contributed by atoms with E-state index in [1.54, 1.807) is 32.2 Å². The average molecular weight is 436 g/mol. The Morgan fingerprint density at radius 2 is 1.69 bits per heavy atom. The lowest BCUT2D eigenvalue weighted by Crippen LogP contribution is -2.53. The molecule has 0 spiro atoms. The monoisotopic (exact) mass is 435 g/mol. The van der Waals surface area contributed by atoms with Crippen LogP contribution in [0.25, 0.3) is 6.08 Å². The molecule has 3 amide bonds. The molecular weight excluding hydrogens is 406 g/mol. The largest absolute Gasteiger partial charge is 0.497 e. The van der Waals surface area contributed by atoms with E-state index in [9.17, 15) is 14.4 Å². The van der Waals surface area contributed by atoms with Crippen molar-refractivity contribution in [1.82, 2.24) is 16.0 Å². The molecule has 2 aromatic carbocycles. The Morgan fingerprint density at radius 1 is 1.00 bits per heavy atom. The third kappa shape index (κ3) is 7.27. The maximum Gasteiger partial charge on any atom is 0.244 e. The van der Waals surface area contributed by atoms with Crippen molar-refractivity contribution < 1.29 is 19.1 Å². The molecule has 2 aromatic rings.